The van der Waals surface area contributed by atoms with Gasteiger partial charge >= 0.3 is 0 Å². The summed E-state index contributed by atoms with van der Waals surface area (Å²) in [5.41, 5.74) is 2.28. The van der Waals surface area contributed by atoms with Crippen molar-refractivity contribution in [3.63, 3.8) is 0 Å². The number of amides is 1. The molecule has 1 aliphatic carbocycles. The molecular formula is C21H22N4O2. The normalized spacial score (nSPS) is 19.9. The number of H-pyrrole nitrogens is 1. The molecule has 6 nitrogen and oxygen atoms in total. The fourth-order valence-electron chi connectivity index (χ4n) is 3.58. The highest BCUT2D eigenvalue weighted by Gasteiger charge is 2.35. The van der Waals surface area contributed by atoms with E-state index in [9.17, 15) is 9.90 Å². The molecule has 0 spiro atoms. The van der Waals surface area contributed by atoms with Crippen LogP contribution in [0.1, 0.15) is 28.9 Å². The predicted octanol–water partition coefficient (Wildman–Crippen LogP) is 2.58. The number of pyridine rings is 1. The highest BCUT2D eigenvalue weighted by atomic mass is 16.3. The molecule has 2 aromatic heterocycles. The number of nitrogens with one attached hydrogen (secondary N) is 2. The van der Waals surface area contributed by atoms with Crippen LogP contribution in [0.4, 0.5) is 0 Å². The summed E-state index contributed by atoms with van der Waals surface area (Å²) in [6.45, 7) is 0. The Balaban J connectivity index is 1.55. The standard InChI is InChI=1S/C21H22N4O2/c26-16-11-14(12-16)19(13-15-5-3-4-8-22-15)25-21(27)18-7-2-1-6-17(18)20-23-9-10-24-20/h1-10,14,16,19,26H,11-13H2,(H,23,24)(H,25,27). The molecular weight excluding hydrogens is 340 g/mol. The number of carbonyl (C=O) groups excluding carboxylic acids is 1. The fourth-order valence-corrected chi connectivity index (χ4v) is 3.58. The van der Waals surface area contributed by atoms with Crippen molar-refractivity contribution in [2.24, 2.45) is 5.92 Å². The van der Waals surface area contributed by atoms with Crippen molar-refractivity contribution in [3.05, 3.63) is 72.3 Å². The number of rotatable bonds is 6. The van der Waals surface area contributed by atoms with E-state index in [0.717, 1.165) is 11.3 Å². The van der Waals surface area contributed by atoms with Gasteiger partial charge in [0.1, 0.15) is 5.82 Å². The SMILES string of the molecule is O=C(NC(Cc1ccccn1)C1CC(O)C1)c1ccccc1-c1ncc[nH]1. The van der Waals surface area contributed by atoms with Crippen LogP contribution in [-0.2, 0) is 6.42 Å². The lowest BCUT2D eigenvalue weighted by molar-refractivity contribution is 0.0238. The quantitative estimate of drug-likeness (QED) is 0.629. The van der Waals surface area contributed by atoms with Crippen LogP contribution in [0.2, 0.25) is 0 Å². The Kier molecular flexibility index (Phi) is 4.98. The maximum absolute atomic E-state index is 13.1. The van der Waals surface area contributed by atoms with E-state index in [4.69, 9.17) is 0 Å². The summed E-state index contributed by atoms with van der Waals surface area (Å²) < 4.78 is 0. The van der Waals surface area contributed by atoms with E-state index in [1.54, 1.807) is 24.7 Å². The van der Waals surface area contributed by atoms with E-state index < -0.39 is 0 Å². The third kappa shape index (κ3) is 3.90. The van der Waals surface area contributed by atoms with Crippen LogP contribution in [-0.4, -0.2) is 38.1 Å². The zero-order valence-electron chi connectivity index (χ0n) is 14.9. The largest absolute Gasteiger partial charge is 0.393 e. The van der Waals surface area contributed by atoms with Gasteiger partial charge in [-0.25, -0.2) is 4.98 Å². The lowest BCUT2D eigenvalue weighted by atomic mass is 9.75. The van der Waals surface area contributed by atoms with Gasteiger partial charge < -0.3 is 15.4 Å². The molecule has 1 saturated carbocycles. The van der Waals surface area contributed by atoms with Crippen molar-refractivity contribution in [2.45, 2.75) is 31.4 Å². The fraction of sp³-hybridized carbons (Fsp3) is 0.286. The summed E-state index contributed by atoms with van der Waals surface area (Å²) in [5.74, 6) is 0.784. The maximum atomic E-state index is 13.1. The number of aliphatic hydroxyl groups excluding tert-OH is 1. The molecule has 0 radical (unpaired) electrons. The number of nitrogens with zero attached hydrogens (tertiary/aromatic N) is 2. The topological polar surface area (TPSA) is 90.9 Å². The lowest BCUT2D eigenvalue weighted by Crippen LogP contribution is -2.48. The minimum absolute atomic E-state index is 0.0690. The van der Waals surface area contributed by atoms with Crippen LogP contribution < -0.4 is 5.32 Å². The molecule has 1 unspecified atom stereocenters. The number of carbonyl (C=O) groups is 1. The average Bonchev–Trinajstić information content (AvgIpc) is 3.20. The molecule has 2 heterocycles. The van der Waals surface area contributed by atoms with E-state index in [1.807, 2.05) is 36.4 Å². The Morgan fingerprint density at radius 3 is 2.67 bits per heavy atom. The number of hydrogen-bond acceptors (Lipinski definition) is 4. The molecule has 3 N–H and O–H groups in total. The van der Waals surface area contributed by atoms with Gasteiger partial charge in [-0.1, -0.05) is 24.3 Å². The van der Waals surface area contributed by atoms with E-state index >= 15 is 0 Å². The first-order chi connectivity index (χ1) is 13.2. The summed E-state index contributed by atoms with van der Waals surface area (Å²) in [6.07, 6.45) is 6.96. The van der Waals surface area contributed by atoms with Crippen molar-refractivity contribution in [2.75, 3.05) is 0 Å². The summed E-state index contributed by atoms with van der Waals surface area (Å²) in [6, 6.07) is 13.2. The minimum Gasteiger partial charge on any atom is -0.393 e. The Morgan fingerprint density at radius 2 is 1.96 bits per heavy atom. The molecule has 1 aliphatic rings. The third-order valence-corrected chi connectivity index (χ3v) is 5.12. The lowest BCUT2D eigenvalue weighted by Gasteiger charge is -2.38. The molecule has 1 fully saturated rings. The number of aliphatic hydroxyl groups is 1. The monoisotopic (exact) mass is 362 g/mol. The number of aromatic amines is 1. The first kappa shape index (κ1) is 17.4. The third-order valence-electron chi connectivity index (χ3n) is 5.12. The zero-order chi connectivity index (χ0) is 18.6. The van der Waals surface area contributed by atoms with E-state index in [-0.39, 0.29) is 24.0 Å². The van der Waals surface area contributed by atoms with E-state index in [0.29, 0.717) is 30.7 Å². The molecule has 1 aromatic carbocycles. The second-order valence-corrected chi connectivity index (χ2v) is 6.97. The van der Waals surface area contributed by atoms with Gasteiger partial charge in [-0.05, 0) is 37.0 Å². The molecule has 27 heavy (non-hydrogen) atoms. The van der Waals surface area contributed by atoms with Crippen LogP contribution in [0.15, 0.2) is 61.1 Å². The van der Waals surface area contributed by atoms with Crippen molar-refractivity contribution in [1.82, 2.24) is 20.3 Å². The van der Waals surface area contributed by atoms with Gasteiger partial charge in [-0.3, -0.25) is 9.78 Å². The molecule has 1 atom stereocenters. The summed E-state index contributed by atoms with van der Waals surface area (Å²) in [5, 5.41) is 12.9. The number of benzene rings is 1. The first-order valence-electron chi connectivity index (χ1n) is 9.18. The molecule has 0 saturated heterocycles. The van der Waals surface area contributed by atoms with Gasteiger partial charge in [-0.15, -0.1) is 0 Å². The maximum Gasteiger partial charge on any atom is 0.252 e. The van der Waals surface area contributed by atoms with Gasteiger partial charge in [0, 0.05) is 42.3 Å². The predicted molar refractivity (Wildman–Crippen MR) is 102 cm³/mol. The number of aromatic nitrogens is 3. The van der Waals surface area contributed by atoms with E-state index in [2.05, 4.69) is 20.3 Å². The van der Waals surface area contributed by atoms with Gasteiger partial charge in [-0.2, -0.15) is 0 Å². The second-order valence-electron chi connectivity index (χ2n) is 6.97. The minimum atomic E-state index is -0.270. The summed E-state index contributed by atoms with van der Waals surface area (Å²) >= 11 is 0. The van der Waals surface area contributed by atoms with Gasteiger partial charge in [0.05, 0.1) is 11.7 Å². The van der Waals surface area contributed by atoms with Crippen LogP contribution in [0.5, 0.6) is 0 Å². The van der Waals surface area contributed by atoms with E-state index in [1.165, 1.54) is 0 Å². The van der Waals surface area contributed by atoms with Gasteiger partial charge in [0.15, 0.2) is 0 Å². The Hall–Kier alpha value is -2.99. The Bertz CT molecular complexity index is 890. The van der Waals surface area contributed by atoms with Crippen LogP contribution in [0.25, 0.3) is 11.4 Å². The highest BCUT2D eigenvalue weighted by molar-refractivity contribution is 6.00. The second kappa shape index (κ2) is 7.72. The molecule has 6 heteroatoms. The van der Waals surface area contributed by atoms with Crippen LogP contribution in [0, 0.1) is 5.92 Å². The number of imidazole rings is 1. The van der Waals surface area contributed by atoms with Crippen LogP contribution in [0.3, 0.4) is 0 Å². The Labute approximate surface area is 157 Å². The van der Waals surface area contributed by atoms with Crippen molar-refractivity contribution >= 4 is 5.91 Å². The molecule has 0 bridgehead atoms. The number of hydrogen-bond donors (Lipinski definition) is 3. The Morgan fingerprint density at radius 1 is 1.15 bits per heavy atom. The summed E-state index contributed by atoms with van der Waals surface area (Å²) in [7, 11) is 0. The van der Waals surface area contributed by atoms with Crippen molar-refractivity contribution in [1.29, 1.82) is 0 Å². The van der Waals surface area contributed by atoms with Gasteiger partial charge in [0.2, 0.25) is 0 Å². The van der Waals surface area contributed by atoms with Crippen molar-refractivity contribution in [3.8, 4) is 11.4 Å². The van der Waals surface area contributed by atoms with Crippen molar-refractivity contribution < 1.29 is 9.90 Å². The molecule has 0 aliphatic heterocycles. The summed E-state index contributed by atoms with van der Waals surface area (Å²) in [4.78, 5) is 24.8. The molecule has 4 rings (SSSR count). The highest BCUT2D eigenvalue weighted by Crippen LogP contribution is 2.32. The molecule has 3 aromatic rings. The molecule has 1 amide bonds. The average molecular weight is 362 g/mol. The smallest absolute Gasteiger partial charge is 0.252 e. The first-order valence-corrected chi connectivity index (χ1v) is 9.18. The molecule has 138 valence electrons. The zero-order valence-corrected chi connectivity index (χ0v) is 14.9. The van der Waals surface area contributed by atoms with Gasteiger partial charge in [0.25, 0.3) is 5.91 Å². The van der Waals surface area contributed by atoms with Crippen LogP contribution >= 0.6 is 0 Å².